The Bertz CT molecular complexity index is 3520. The predicted molar refractivity (Wildman–Crippen MR) is 258 cm³/mol. The summed E-state index contributed by atoms with van der Waals surface area (Å²) < 4.78 is 2.59. The molecule has 0 atom stereocenters. The summed E-state index contributed by atoms with van der Waals surface area (Å²) in [4.78, 5) is 10.8. The van der Waals surface area contributed by atoms with E-state index in [1.54, 1.807) is 0 Å². The average molecular weight is 805 g/mol. The van der Waals surface area contributed by atoms with Gasteiger partial charge in [-0.2, -0.15) is 0 Å². The van der Waals surface area contributed by atoms with E-state index in [4.69, 9.17) is 9.97 Å². The van der Waals surface area contributed by atoms with Gasteiger partial charge in [0.05, 0.1) is 16.8 Å². The van der Waals surface area contributed by atoms with E-state index in [-0.39, 0.29) is 0 Å². The fourth-order valence-electron chi connectivity index (χ4n) is 10.4. The van der Waals surface area contributed by atoms with Crippen LogP contribution in [0, 0.1) is 0 Å². The minimum Gasteiger partial charge on any atom is -0.228 e. The first-order chi connectivity index (χ1) is 30.7. The first kappa shape index (κ1) is 35.1. The van der Waals surface area contributed by atoms with Crippen LogP contribution in [0.4, 0.5) is 0 Å². The van der Waals surface area contributed by atoms with E-state index in [1.807, 2.05) is 17.4 Å². The van der Waals surface area contributed by atoms with Crippen molar-refractivity contribution in [2.45, 2.75) is 5.41 Å². The van der Waals surface area contributed by atoms with Gasteiger partial charge < -0.3 is 0 Å². The van der Waals surface area contributed by atoms with Crippen molar-refractivity contribution < 1.29 is 0 Å². The Labute approximate surface area is 364 Å². The maximum Gasteiger partial charge on any atom is 0.160 e. The molecule has 0 bridgehead atoms. The highest BCUT2D eigenvalue weighted by atomic mass is 32.1. The molecule has 0 radical (unpaired) electrons. The van der Waals surface area contributed by atoms with Crippen molar-refractivity contribution in [3.05, 3.63) is 241 Å². The third-order valence-corrected chi connectivity index (χ3v) is 14.3. The molecule has 2 nitrogen and oxygen atoms in total. The Kier molecular flexibility index (Phi) is 7.72. The third kappa shape index (κ3) is 5.16. The van der Waals surface area contributed by atoms with Gasteiger partial charge in [0.15, 0.2) is 5.82 Å². The molecular weight excluding hydrogens is 769 g/mol. The van der Waals surface area contributed by atoms with Crippen LogP contribution in [0.25, 0.3) is 98.6 Å². The van der Waals surface area contributed by atoms with Gasteiger partial charge in [-0.15, -0.1) is 11.3 Å². The van der Waals surface area contributed by atoms with Crippen molar-refractivity contribution in [1.29, 1.82) is 0 Å². The van der Waals surface area contributed by atoms with Crippen LogP contribution < -0.4 is 0 Å². The van der Waals surface area contributed by atoms with Gasteiger partial charge in [-0.3, -0.25) is 0 Å². The molecular formula is C59H36N2S. The van der Waals surface area contributed by atoms with Gasteiger partial charge in [0.25, 0.3) is 0 Å². The molecule has 11 aromatic rings. The zero-order chi connectivity index (χ0) is 40.8. The van der Waals surface area contributed by atoms with E-state index in [2.05, 4.69) is 212 Å². The quantitative estimate of drug-likeness (QED) is 0.173. The summed E-state index contributed by atoms with van der Waals surface area (Å²) in [6.07, 6.45) is 0. The lowest BCUT2D eigenvalue weighted by atomic mass is 9.70. The Hall–Kier alpha value is -7.72. The maximum atomic E-state index is 5.39. The van der Waals surface area contributed by atoms with Crippen LogP contribution in [-0.4, -0.2) is 9.97 Å². The van der Waals surface area contributed by atoms with Crippen LogP contribution in [-0.2, 0) is 5.41 Å². The van der Waals surface area contributed by atoms with E-state index in [0.29, 0.717) is 5.82 Å². The molecule has 0 saturated heterocycles. The second-order valence-electron chi connectivity index (χ2n) is 16.4. The summed E-state index contributed by atoms with van der Waals surface area (Å²) in [7, 11) is 0. The molecule has 0 unspecified atom stereocenters. The lowest BCUT2D eigenvalue weighted by molar-refractivity contribution is 0.794. The number of nitrogens with zero attached hydrogens (tertiary/aromatic N) is 2. The number of thiophene rings is 1. The molecule has 2 heterocycles. The fraction of sp³-hybridized carbons (Fsp3) is 0.0169. The SMILES string of the molecule is c1ccc(-c2cc(-c3cc(-c4ccc5c(c4)C4(c6ccccc6-c6ccccc64)c4ccccc4-5)nc(-c4ccccc4)n3)cc(-c3cccc4c3sc3ccccc34)c2)cc1. The summed E-state index contributed by atoms with van der Waals surface area (Å²) in [6.45, 7) is 0. The van der Waals surface area contributed by atoms with Crippen molar-refractivity contribution in [2.24, 2.45) is 0 Å². The highest BCUT2D eigenvalue weighted by molar-refractivity contribution is 7.26. The maximum absolute atomic E-state index is 5.39. The van der Waals surface area contributed by atoms with Gasteiger partial charge in [0.1, 0.15) is 0 Å². The average Bonchev–Trinajstić information content (AvgIpc) is 3.98. The minimum absolute atomic E-state index is 0.445. The molecule has 0 fully saturated rings. The number of hydrogen-bond acceptors (Lipinski definition) is 3. The number of rotatable bonds is 5. The zero-order valence-corrected chi connectivity index (χ0v) is 34.4. The Morgan fingerprint density at radius 3 is 1.52 bits per heavy atom. The molecule has 0 saturated carbocycles. The molecule has 0 aliphatic heterocycles. The zero-order valence-electron chi connectivity index (χ0n) is 33.6. The van der Waals surface area contributed by atoms with Gasteiger partial charge in [-0.05, 0) is 103 Å². The Morgan fingerprint density at radius 2 is 0.823 bits per heavy atom. The van der Waals surface area contributed by atoms with Crippen LogP contribution in [0.15, 0.2) is 218 Å². The predicted octanol–water partition coefficient (Wildman–Crippen LogP) is 15.5. The minimum atomic E-state index is -0.445. The lowest BCUT2D eigenvalue weighted by Crippen LogP contribution is -2.25. The fourth-order valence-corrected chi connectivity index (χ4v) is 11.7. The molecule has 62 heavy (non-hydrogen) atoms. The van der Waals surface area contributed by atoms with Gasteiger partial charge in [0, 0.05) is 36.9 Å². The Morgan fingerprint density at radius 1 is 0.306 bits per heavy atom. The number of hydrogen-bond donors (Lipinski definition) is 0. The number of aromatic nitrogens is 2. The molecule has 0 N–H and O–H groups in total. The topological polar surface area (TPSA) is 25.8 Å². The molecule has 2 aromatic heterocycles. The molecule has 1 spiro atoms. The summed E-state index contributed by atoms with van der Waals surface area (Å²) in [5.74, 6) is 0.700. The highest BCUT2D eigenvalue weighted by Gasteiger charge is 2.51. The molecule has 13 rings (SSSR count). The lowest BCUT2D eigenvalue weighted by Gasteiger charge is -2.30. The first-order valence-corrected chi connectivity index (χ1v) is 22.0. The van der Waals surface area contributed by atoms with E-state index in [9.17, 15) is 0 Å². The summed E-state index contributed by atoms with van der Waals surface area (Å²) in [5, 5.41) is 2.58. The number of fused-ring (bicyclic) bond motifs is 13. The van der Waals surface area contributed by atoms with Crippen LogP contribution in [0.3, 0.4) is 0 Å². The second kappa shape index (κ2) is 13.7. The summed E-state index contributed by atoms with van der Waals surface area (Å²) in [5.41, 5.74) is 19.5. The molecule has 0 amide bonds. The molecule has 9 aromatic carbocycles. The molecule has 2 aliphatic rings. The monoisotopic (exact) mass is 804 g/mol. The van der Waals surface area contributed by atoms with Crippen molar-refractivity contribution in [2.75, 3.05) is 0 Å². The third-order valence-electron chi connectivity index (χ3n) is 13.1. The van der Waals surface area contributed by atoms with Crippen molar-refractivity contribution in [3.63, 3.8) is 0 Å². The van der Waals surface area contributed by atoms with Gasteiger partial charge >= 0.3 is 0 Å². The van der Waals surface area contributed by atoms with Gasteiger partial charge in [-0.1, -0.05) is 182 Å². The van der Waals surface area contributed by atoms with Crippen LogP contribution in [0.2, 0.25) is 0 Å². The molecule has 288 valence electrons. The molecule has 3 heteroatoms. The largest absolute Gasteiger partial charge is 0.228 e. The summed E-state index contributed by atoms with van der Waals surface area (Å²) >= 11 is 1.86. The van der Waals surface area contributed by atoms with E-state index >= 15 is 0 Å². The van der Waals surface area contributed by atoms with E-state index in [1.165, 1.54) is 70.2 Å². The second-order valence-corrected chi connectivity index (χ2v) is 17.5. The van der Waals surface area contributed by atoms with Gasteiger partial charge in [0.2, 0.25) is 0 Å². The normalized spacial score (nSPS) is 13.0. The van der Waals surface area contributed by atoms with E-state index in [0.717, 1.165) is 44.8 Å². The van der Waals surface area contributed by atoms with Crippen molar-refractivity contribution >= 4 is 31.5 Å². The molecule has 2 aliphatic carbocycles. The Balaban J connectivity index is 1.05. The first-order valence-electron chi connectivity index (χ1n) is 21.2. The number of benzene rings is 9. The van der Waals surface area contributed by atoms with Crippen LogP contribution >= 0.6 is 11.3 Å². The van der Waals surface area contributed by atoms with Crippen molar-refractivity contribution in [1.82, 2.24) is 9.97 Å². The van der Waals surface area contributed by atoms with Crippen molar-refractivity contribution in [3.8, 4) is 78.4 Å². The summed E-state index contributed by atoms with van der Waals surface area (Å²) in [6, 6.07) is 79.7. The van der Waals surface area contributed by atoms with E-state index < -0.39 is 5.41 Å². The van der Waals surface area contributed by atoms with Gasteiger partial charge in [-0.25, -0.2) is 9.97 Å². The van der Waals surface area contributed by atoms with Crippen LogP contribution in [0.1, 0.15) is 22.3 Å². The van der Waals surface area contributed by atoms with Crippen LogP contribution in [0.5, 0.6) is 0 Å². The highest BCUT2D eigenvalue weighted by Crippen LogP contribution is 2.63. The smallest absolute Gasteiger partial charge is 0.160 e. The standard InChI is InChI=1S/C59H36N2S/c1-3-16-37(17-4-1)40-32-41(43-24-15-25-49-48-23-10-14-29-56(48)62-57(43)49)34-42(33-40)55-36-54(60-58(61-55)38-18-5-2-6-19-38)39-30-31-47-46-22-9-13-28-52(46)59(53(47)35-39)50-26-11-7-20-44(50)45-21-8-12-27-51(45)59/h1-36H.